The molecule has 0 bridgehead atoms. The van der Waals surface area contributed by atoms with Crippen molar-refractivity contribution in [2.45, 2.75) is 12.8 Å². The van der Waals surface area contributed by atoms with Crippen LogP contribution in [0.5, 0.6) is 0 Å². The highest BCUT2D eigenvalue weighted by atomic mass is 127. The molecule has 2 rings (SSSR count). The van der Waals surface area contributed by atoms with Crippen molar-refractivity contribution in [3.8, 4) is 0 Å². The quantitative estimate of drug-likeness (QED) is 0.573. The summed E-state index contributed by atoms with van der Waals surface area (Å²) in [5.41, 5.74) is 1.23. The first-order valence-corrected chi connectivity index (χ1v) is 5.18. The maximum absolute atomic E-state index is 13.5. The number of benzene rings is 1. The van der Waals surface area contributed by atoms with E-state index in [1.807, 2.05) is 0 Å². The van der Waals surface area contributed by atoms with E-state index in [4.69, 9.17) is 0 Å². The minimum atomic E-state index is -0.480. The van der Waals surface area contributed by atoms with Gasteiger partial charge in [0.15, 0.2) is 0 Å². The van der Waals surface area contributed by atoms with E-state index in [1.54, 1.807) is 22.6 Å². The first kappa shape index (κ1) is 9.18. The lowest BCUT2D eigenvalue weighted by Crippen LogP contribution is -2.14. The molecule has 0 aromatic heterocycles. The average Bonchev–Trinajstić information content (AvgIpc) is 2.15. The molecule has 0 spiro atoms. The second kappa shape index (κ2) is 3.40. The molecule has 0 radical (unpaired) electrons. The zero-order valence-corrected chi connectivity index (χ0v) is 8.99. The third-order valence-corrected chi connectivity index (χ3v) is 3.17. The van der Waals surface area contributed by atoms with Crippen LogP contribution >= 0.6 is 22.6 Å². The van der Waals surface area contributed by atoms with Crippen LogP contribution in [-0.4, -0.2) is 6.54 Å². The van der Waals surface area contributed by atoms with Crippen molar-refractivity contribution in [2.75, 3.05) is 11.9 Å². The summed E-state index contributed by atoms with van der Waals surface area (Å²) in [6, 6.07) is 1.37. The zero-order valence-electron chi connectivity index (χ0n) is 6.83. The number of nitrogens with one attached hydrogen (secondary N) is 1. The molecule has 0 fully saturated rings. The lowest BCUT2D eigenvalue weighted by Gasteiger charge is -2.19. The minimum absolute atomic E-state index is 0.0973. The average molecular weight is 295 g/mol. The van der Waals surface area contributed by atoms with Crippen molar-refractivity contribution >= 4 is 28.3 Å². The van der Waals surface area contributed by atoms with Crippen LogP contribution in [0.25, 0.3) is 0 Å². The van der Waals surface area contributed by atoms with Crippen molar-refractivity contribution in [3.63, 3.8) is 0 Å². The lowest BCUT2D eigenvalue weighted by atomic mass is 10.0. The van der Waals surface area contributed by atoms with Gasteiger partial charge < -0.3 is 5.32 Å². The Morgan fingerprint density at radius 1 is 1.38 bits per heavy atom. The molecule has 1 aliphatic rings. The van der Waals surface area contributed by atoms with E-state index in [9.17, 15) is 8.78 Å². The standard InChI is InChI=1S/C9H8F2IN/c10-6-4-7-5(2-1-3-13-7)8(11)9(6)12/h4,13H,1-3H2. The lowest BCUT2D eigenvalue weighted by molar-refractivity contribution is 0.555. The summed E-state index contributed by atoms with van der Waals surface area (Å²) in [5.74, 6) is -0.881. The molecule has 0 atom stereocenters. The summed E-state index contributed by atoms with van der Waals surface area (Å²) in [6.07, 6.45) is 1.61. The highest BCUT2D eigenvalue weighted by Gasteiger charge is 2.18. The van der Waals surface area contributed by atoms with Crippen LogP contribution < -0.4 is 5.32 Å². The second-order valence-corrected chi connectivity index (χ2v) is 4.12. The van der Waals surface area contributed by atoms with Gasteiger partial charge in [-0.05, 0) is 41.5 Å². The van der Waals surface area contributed by atoms with Gasteiger partial charge in [0.25, 0.3) is 0 Å². The molecule has 70 valence electrons. The fraction of sp³-hybridized carbons (Fsp3) is 0.333. The molecule has 13 heavy (non-hydrogen) atoms. The number of rotatable bonds is 0. The Bertz CT molecular complexity index is 352. The summed E-state index contributed by atoms with van der Waals surface area (Å²) in [5, 5.41) is 2.99. The molecule has 0 saturated carbocycles. The van der Waals surface area contributed by atoms with Gasteiger partial charge in [0.1, 0.15) is 11.6 Å². The Morgan fingerprint density at radius 3 is 2.92 bits per heavy atom. The largest absolute Gasteiger partial charge is 0.385 e. The van der Waals surface area contributed by atoms with Gasteiger partial charge in [-0.2, -0.15) is 0 Å². The van der Waals surface area contributed by atoms with Crippen LogP contribution in [0.2, 0.25) is 0 Å². The monoisotopic (exact) mass is 295 g/mol. The summed E-state index contributed by atoms with van der Waals surface area (Å²) in [7, 11) is 0. The predicted octanol–water partition coefficient (Wildman–Crippen LogP) is 2.93. The van der Waals surface area contributed by atoms with Crippen molar-refractivity contribution in [2.24, 2.45) is 0 Å². The van der Waals surface area contributed by atoms with Crippen molar-refractivity contribution in [1.82, 2.24) is 0 Å². The molecule has 0 aliphatic carbocycles. The Kier molecular flexibility index (Phi) is 2.40. The molecular formula is C9H8F2IN. The molecule has 0 saturated heterocycles. The van der Waals surface area contributed by atoms with E-state index in [1.165, 1.54) is 6.07 Å². The van der Waals surface area contributed by atoms with Gasteiger partial charge in [-0.25, -0.2) is 8.78 Å². The minimum Gasteiger partial charge on any atom is -0.385 e. The first-order valence-electron chi connectivity index (χ1n) is 4.10. The molecule has 4 heteroatoms. The predicted molar refractivity (Wildman–Crippen MR) is 55.9 cm³/mol. The Morgan fingerprint density at radius 2 is 2.15 bits per heavy atom. The molecule has 1 N–H and O–H groups in total. The normalized spacial score (nSPS) is 15.0. The van der Waals surface area contributed by atoms with Gasteiger partial charge in [0, 0.05) is 17.8 Å². The molecule has 1 aromatic rings. The molecule has 0 unspecified atom stereocenters. The number of anilines is 1. The highest BCUT2D eigenvalue weighted by Crippen LogP contribution is 2.29. The first-order chi connectivity index (χ1) is 6.20. The highest BCUT2D eigenvalue weighted by molar-refractivity contribution is 14.1. The number of hydrogen-bond donors (Lipinski definition) is 1. The van der Waals surface area contributed by atoms with E-state index in [0.29, 0.717) is 17.7 Å². The van der Waals surface area contributed by atoms with Crippen molar-refractivity contribution in [1.29, 1.82) is 0 Å². The van der Waals surface area contributed by atoms with Gasteiger partial charge >= 0.3 is 0 Å². The molecule has 1 aliphatic heterocycles. The molecule has 1 heterocycles. The third kappa shape index (κ3) is 1.51. The number of fused-ring (bicyclic) bond motifs is 1. The molecular weight excluding hydrogens is 287 g/mol. The fourth-order valence-corrected chi connectivity index (χ4v) is 2.00. The van der Waals surface area contributed by atoms with E-state index in [-0.39, 0.29) is 3.57 Å². The molecule has 1 nitrogen and oxygen atoms in total. The summed E-state index contributed by atoms with van der Waals surface area (Å²) < 4.78 is 26.6. The van der Waals surface area contributed by atoms with E-state index < -0.39 is 11.6 Å². The van der Waals surface area contributed by atoms with Crippen molar-refractivity contribution < 1.29 is 8.78 Å². The van der Waals surface area contributed by atoms with Crippen LogP contribution in [0.3, 0.4) is 0 Å². The third-order valence-electron chi connectivity index (χ3n) is 2.18. The van der Waals surface area contributed by atoms with Crippen LogP contribution in [0.15, 0.2) is 6.07 Å². The number of hydrogen-bond acceptors (Lipinski definition) is 1. The molecule has 1 aromatic carbocycles. The zero-order chi connectivity index (χ0) is 9.42. The van der Waals surface area contributed by atoms with Crippen LogP contribution in [-0.2, 0) is 6.42 Å². The van der Waals surface area contributed by atoms with Crippen molar-refractivity contribution in [3.05, 3.63) is 26.8 Å². The maximum Gasteiger partial charge on any atom is 0.144 e. The Balaban J connectivity index is 2.60. The van der Waals surface area contributed by atoms with Crippen LogP contribution in [0.4, 0.5) is 14.5 Å². The summed E-state index contributed by atoms with van der Waals surface area (Å²) in [6.45, 7) is 0.798. The maximum atomic E-state index is 13.5. The smallest absolute Gasteiger partial charge is 0.144 e. The SMILES string of the molecule is Fc1cc2c(c(F)c1I)CCCN2. The summed E-state index contributed by atoms with van der Waals surface area (Å²) >= 11 is 1.70. The van der Waals surface area contributed by atoms with E-state index in [2.05, 4.69) is 5.32 Å². The van der Waals surface area contributed by atoms with Gasteiger partial charge in [0.05, 0.1) is 3.57 Å². The van der Waals surface area contributed by atoms with Gasteiger partial charge in [0.2, 0.25) is 0 Å². The van der Waals surface area contributed by atoms with E-state index in [0.717, 1.165) is 13.0 Å². The van der Waals surface area contributed by atoms with Crippen LogP contribution in [0, 0.1) is 15.2 Å². The fourth-order valence-electron chi connectivity index (χ4n) is 1.52. The van der Waals surface area contributed by atoms with Gasteiger partial charge in [-0.15, -0.1) is 0 Å². The summed E-state index contributed by atoms with van der Waals surface area (Å²) in [4.78, 5) is 0. The second-order valence-electron chi connectivity index (χ2n) is 3.04. The van der Waals surface area contributed by atoms with Crippen LogP contribution in [0.1, 0.15) is 12.0 Å². The Labute approximate surface area is 88.7 Å². The number of halogens is 3. The van der Waals surface area contributed by atoms with Gasteiger partial charge in [-0.3, -0.25) is 0 Å². The molecule has 0 amide bonds. The topological polar surface area (TPSA) is 12.0 Å². The Hall–Kier alpha value is -0.390. The van der Waals surface area contributed by atoms with Gasteiger partial charge in [-0.1, -0.05) is 0 Å². The van der Waals surface area contributed by atoms with E-state index >= 15 is 0 Å².